The van der Waals surface area contributed by atoms with E-state index in [-0.39, 0.29) is 6.54 Å². The molecule has 1 aromatic rings. The summed E-state index contributed by atoms with van der Waals surface area (Å²) in [6.45, 7) is 5.13. The minimum atomic E-state index is -1.27. The van der Waals surface area contributed by atoms with Crippen molar-refractivity contribution >= 4 is 12.0 Å². The third kappa shape index (κ3) is 4.23. The molecule has 1 atom stereocenters. The summed E-state index contributed by atoms with van der Waals surface area (Å²) in [5.74, 6) is -0.115. The number of hydrogen-bond donors (Lipinski definition) is 3. The van der Waals surface area contributed by atoms with Crippen LogP contribution in [0.5, 0.6) is 0 Å². The Balaban J connectivity index is 2.37. The van der Waals surface area contributed by atoms with Crippen molar-refractivity contribution in [1.29, 1.82) is 0 Å². The molecule has 0 bridgehead atoms. The first-order valence-electron chi connectivity index (χ1n) is 5.96. The number of hydrogen-bond acceptors (Lipinski definition) is 5. The summed E-state index contributed by atoms with van der Waals surface area (Å²) in [6, 6.07) is -0.539. The molecule has 1 rings (SSSR count). The maximum absolute atomic E-state index is 11.6. The number of amides is 2. The molecule has 8 heteroatoms. The van der Waals surface area contributed by atoms with E-state index in [4.69, 9.17) is 9.63 Å². The van der Waals surface area contributed by atoms with E-state index in [0.29, 0.717) is 24.6 Å². The van der Waals surface area contributed by atoms with Gasteiger partial charge in [-0.1, -0.05) is 12.1 Å². The van der Waals surface area contributed by atoms with E-state index in [9.17, 15) is 9.59 Å². The summed E-state index contributed by atoms with van der Waals surface area (Å²) in [5.41, 5.74) is -1.27. The highest BCUT2D eigenvalue weighted by Crippen LogP contribution is 2.08. The average Bonchev–Trinajstić information content (AvgIpc) is 2.74. The Labute approximate surface area is 110 Å². The summed E-state index contributed by atoms with van der Waals surface area (Å²) in [6.07, 6.45) is 0.683. The van der Waals surface area contributed by atoms with Crippen LogP contribution in [0.4, 0.5) is 4.79 Å². The van der Waals surface area contributed by atoms with Gasteiger partial charge in [-0.25, -0.2) is 9.59 Å². The highest BCUT2D eigenvalue weighted by Gasteiger charge is 2.32. The van der Waals surface area contributed by atoms with E-state index in [1.54, 1.807) is 13.8 Å². The Morgan fingerprint density at radius 3 is 2.63 bits per heavy atom. The number of aromatic nitrogens is 2. The second-order valence-corrected chi connectivity index (χ2v) is 4.36. The van der Waals surface area contributed by atoms with Gasteiger partial charge in [0.15, 0.2) is 5.82 Å². The van der Waals surface area contributed by atoms with E-state index < -0.39 is 17.5 Å². The molecule has 0 fully saturated rings. The van der Waals surface area contributed by atoms with Gasteiger partial charge >= 0.3 is 12.0 Å². The van der Waals surface area contributed by atoms with Crippen LogP contribution in [0.25, 0.3) is 0 Å². The van der Waals surface area contributed by atoms with Crippen LogP contribution in [0.15, 0.2) is 4.52 Å². The minimum absolute atomic E-state index is 0.285. The fourth-order valence-electron chi connectivity index (χ4n) is 1.31. The second kappa shape index (κ2) is 6.17. The first-order valence-corrected chi connectivity index (χ1v) is 5.96. The summed E-state index contributed by atoms with van der Waals surface area (Å²) < 4.78 is 4.88. The number of carboxylic acids is 1. The SMILES string of the molecule is CCC(C)(NC(=O)NCCc1nc(C)no1)C(=O)O. The molecule has 0 saturated heterocycles. The Morgan fingerprint density at radius 2 is 2.16 bits per heavy atom. The van der Waals surface area contributed by atoms with Crippen molar-refractivity contribution in [1.82, 2.24) is 20.8 Å². The van der Waals surface area contributed by atoms with Crippen LogP contribution in [-0.4, -0.2) is 39.3 Å². The molecule has 19 heavy (non-hydrogen) atoms. The third-order valence-electron chi connectivity index (χ3n) is 2.76. The van der Waals surface area contributed by atoms with Gasteiger partial charge in [-0.3, -0.25) is 0 Å². The number of urea groups is 1. The van der Waals surface area contributed by atoms with Crippen LogP contribution in [0.1, 0.15) is 32.0 Å². The molecule has 0 radical (unpaired) electrons. The first-order chi connectivity index (χ1) is 8.87. The van der Waals surface area contributed by atoms with E-state index in [0.717, 1.165) is 0 Å². The van der Waals surface area contributed by atoms with Crippen LogP contribution >= 0.6 is 0 Å². The lowest BCUT2D eigenvalue weighted by Gasteiger charge is -2.24. The fourth-order valence-corrected chi connectivity index (χ4v) is 1.31. The maximum atomic E-state index is 11.6. The number of aryl methyl sites for hydroxylation is 1. The van der Waals surface area contributed by atoms with Crippen molar-refractivity contribution in [3.05, 3.63) is 11.7 Å². The van der Waals surface area contributed by atoms with Crippen molar-refractivity contribution in [2.24, 2.45) is 0 Å². The second-order valence-electron chi connectivity index (χ2n) is 4.36. The van der Waals surface area contributed by atoms with E-state index in [1.165, 1.54) is 6.92 Å². The quantitative estimate of drug-likeness (QED) is 0.691. The molecule has 0 spiro atoms. The molecular formula is C11H18N4O4. The molecule has 2 amide bonds. The molecule has 0 aliphatic rings. The molecule has 0 aromatic carbocycles. The van der Waals surface area contributed by atoms with Crippen LogP contribution in [-0.2, 0) is 11.2 Å². The number of carbonyl (C=O) groups excluding carboxylic acids is 1. The maximum Gasteiger partial charge on any atom is 0.329 e. The van der Waals surface area contributed by atoms with Crippen molar-refractivity contribution in [2.75, 3.05) is 6.54 Å². The van der Waals surface area contributed by atoms with Gasteiger partial charge in [-0.05, 0) is 20.3 Å². The minimum Gasteiger partial charge on any atom is -0.480 e. The molecule has 1 unspecified atom stereocenters. The molecule has 106 valence electrons. The molecule has 3 N–H and O–H groups in total. The first kappa shape index (κ1) is 14.9. The van der Waals surface area contributed by atoms with Gasteiger partial charge in [0.05, 0.1) is 0 Å². The largest absolute Gasteiger partial charge is 0.480 e. The molecular weight excluding hydrogens is 252 g/mol. The van der Waals surface area contributed by atoms with Crippen molar-refractivity contribution in [3.63, 3.8) is 0 Å². The molecule has 8 nitrogen and oxygen atoms in total. The zero-order valence-electron chi connectivity index (χ0n) is 11.2. The zero-order valence-corrected chi connectivity index (χ0v) is 11.2. The summed E-state index contributed by atoms with van der Waals surface area (Å²) in [5, 5.41) is 17.6. The zero-order chi connectivity index (χ0) is 14.5. The normalized spacial score (nSPS) is 13.6. The van der Waals surface area contributed by atoms with Crippen LogP contribution < -0.4 is 10.6 Å². The topological polar surface area (TPSA) is 117 Å². The standard InChI is InChI=1S/C11H18N4O4/c1-4-11(3,9(16)17)14-10(18)12-6-5-8-13-7(2)15-19-8/h4-6H2,1-3H3,(H,16,17)(H2,12,14,18). The fraction of sp³-hybridized carbons (Fsp3) is 0.636. The van der Waals surface area contributed by atoms with E-state index in [2.05, 4.69) is 20.8 Å². The smallest absolute Gasteiger partial charge is 0.329 e. The molecule has 0 aliphatic heterocycles. The molecule has 1 aromatic heterocycles. The number of nitrogens with zero attached hydrogens (tertiary/aromatic N) is 2. The lowest BCUT2D eigenvalue weighted by Crippen LogP contribution is -2.55. The van der Waals surface area contributed by atoms with Crippen molar-refractivity contribution in [2.45, 2.75) is 39.2 Å². The van der Waals surface area contributed by atoms with Crippen LogP contribution in [0, 0.1) is 6.92 Å². The molecule has 0 aliphatic carbocycles. The van der Waals surface area contributed by atoms with Crippen molar-refractivity contribution in [3.8, 4) is 0 Å². The monoisotopic (exact) mass is 270 g/mol. The van der Waals surface area contributed by atoms with Gasteiger partial charge in [-0.2, -0.15) is 4.98 Å². The lowest BCUT2D eigenvalue weighted by molar-refractivity contribution is -0.143. The van der Waals surface area contributed by atoms with Crippen LogP contribution in [0.2, 0.25) is 0 Å². The molecule has 0 saturated carbocycles. The number of rotatable bonds is 6. The summed E-state index contributed by atoms with van der Waals surface area (Å²) in [4.78, 5) is 26.6. The number of aliphatic carboxylic acids is 1. The summed E-state index contributed by atoms with van der Waals surface area (Å²) >= 11 is 0. The Hall–Kier alpha value is -2.12. The molecule has 1 heterocycles. The Morgan fingerprint density at radius 1 is 1.47 bits per heavy atom. The van der Waals surface area contributed by atoms with Gasteiger partial charge < -0.3 is 20.3 Å². The van der Waals surface area contributed by atoms with Gasteiger partial charge in [0.2, 0.25) is 5.89 Å². The average molecular weight is 270 g/mol. The Kier molecular flexibility index (Phi) is 4.85. The predicted molar refractivity (Wildman–Crippen MR) is 65.6 cm³/mol. The summed E-state index contributed by atoms with van der Waals surface area (Å²) in [7, 11) is 0. The third-order valence-corrected chi connectivity index (χ3v) is 2.76. The van der Waals surface area contributed by atoms with Crippen molar-refractivity contribution < 1.29 is 19.2 Å². The van der Waals surface area contributed by atoms with Gasteiger partial charge in [0.1, 0.15) is 5.54 Å². The highest BCUT2D eigenvalue weighted by molar-refractivity contribution is 5.85. The van der Waals surface area contributed by atoms with Gasteiger partial charge in [0, 0.05) is 13.0 Å². The van der Waals surface area contributed by atoms with E-state index >= 15 is 0 Å². The van der Waals surface area contributed by atoms with Gasteiger partial charge in [-0.15, -0.1) is 0 Å². The number of carboxylic acid groups (broad SMARTS) is 1. The van der Waals surface area contributed by atoms with E-state index in [1.807, 2.05) is 0 Å². The number of carbonyl (C=O) groups is 2. The lowest BCUT2D eigenvalue weighted by atomic mass is 10.00. The Bertz CT molecular complexity index is 459. The predicted octanol–water partition coefficient (Wildman–Crippen LogP) is 0.473. The highest BCUT2D eigenvalue weighted by atomic mass is 16.5. The van der Waals surface area contributed by atoms with Gasteiger partial charge in [0.25, 0.3) is 0 Å². The van der Waals surface area contributed by atoms with Crippen LogP contribution in [0.3, 0.4) is 0 Å². The number of nitrogens with one attached hydrogen (secondary N) is 2.